The lowest BCUT2D eigenvalue weighted by molar-refractivity contribution is 1.06. The highest BCUT2D eigenvalue weighted by atomic mass is 32.8. The van der Waals surface area contributed by atoms with Crippen molar-refractivity contribution in [1.29, 1.82) is 0 Å². The van der Waals surface area contributed by atoms with Gasteiger partial charge in [0.15, 0.2) is 0 Å². The van der Waals surface area contributed by atoms with Crippen molar-refractivity contribution in [3.05, 3.63) is 0 Å². The lowest BCUT2D eigenvalue weighted by Crippen LogP contribution is -2.01. The molecule has 0 saturated carbocycles. The van der Waals surface area contributed by atoms with E-state index in [1.165, 1.54) is 0 Å². The molecule has 0 fully saturated rings. The van der Waals surface area contributed by atoms with Gasteiger partial charge >= 0.3 is 0 Å². The fraction of sp³-hybridized carbons (Fsp3) is 1.00. The first-order valence-electron chi connectivity index (χ1n) is 2.18. The SMILES string of the molecule is CCC(S)S(C)=S. The van der Waals surface area contributed by atoms with Gasteiger partial charge in [0.1, 0.15) is 0 Å². The van der Waals surface area contributed by atoms with Crippen LogP contribution in [0.4, 0.5) is 0 Å². The third-order valence-corrected chi connectivity index (χ3v) is 4.27. The van der Waals surface area contributed by atoms with Crippen LogP contribution in [0.3, 0.4) is 0 Å². The Labute approximate surface area is 57.7 Å². The van der Waals surface area contributed by atoms with Crippen LogP contribution >= 0.6 is 12.6 Å². The average Bonchev–Trinajstić information content (AvgIpc) is 1.65. The van der Waals surface area contributed by atoms with Gasteiger partial charge in [0.25, 0.3) is 0 Å². The van der Waals surface area contributed by atoms with Gasteiger partial charge in [0.2, 0.25) is 0 Å². The van der Waals surface area contributed by atoms with E-state index in [1.54, 1.807) is 0 Å². The van der Waals surface area contributed by atoms with Crippen LogP contribution in [0.5, 0.6) is 0 Å². The molecule has 0 aliphatic carbocycles. The smallest absolute Gasteiger partial charge is 0.0513 e. The molecule has 0 aromatic carbocycles. The standard InChI is InChI=1S/C4H10S3/c1-3-4(5)7(2)6/h4-5H,3H2,1-2H3. The van der Waals surface area contributed by atoms with Gasteiger partial charge in [-0.1, -0.05) is 18.1 Å². The Morgan fingerprint density at radius 1 is 1.86 bits per heavy atom. The lowest BCUT2D eigenvalue weighted by Gasteiger charge is -2.02. The molecule has 2 atom stereocenters. The van der Waals surface area contributed by atoms with Gasteiger partial charge < -0.3 is 0 Å². The van der Waals surface area contributed by atoms with Gasteiger partial charge in [-0.3, -0.25) is 0 Å². The number of hydrogen-bond donors (Lipinski definition) is 1. The van der Waals surface area contributed by atoms with Gasteiger partial charge in [-0.15, -0.1) is 9.45 Å². The van der Waals surface area contributed by atoms with Crippen molar-refractivity contribution in [3.8, 4) is 0 Å². The molecule has 2 unspecified atom stereocenters. The number of thiol groups is 1. The summed E-state index contributed by atoms with van der Waals surface area (Å²) < 4.78 is 0.440. The Bertz CT molecular complexity index is 69.3. The quantitative estimate of drug-likeness (QED) is 0.586. The minimum atomic E-state index is 0.0872. The normalized spacial score (nSPS) is 18.7. The fourth-order valence-electron chi connectivity index (χ4n) is 0.235. The van der Waals surface area contributed by atoms with Gasteiger partial charge in [0.05, 0.1) is 4.58 Å². The Balaban J connectivity index is 3.34. The van der Waals surface area contributed by atoms with Crippen LogP contribution in [0.25, 0.3) is 0 Å². The maximum atomic E-state index is 4.95. The van der Waals surface area contributed by atoms with E-state index in [4.69, 9.17) is 11.2 Å². The zero-order valence-electron chi connectivity index (χ0n) is 4.55. The molecule has 44 valence electrons. The van der Waals surface area contributed by atoms with Crippen molar-refractivity contribution in [1.82, 2.24) is 0 Å². The Kier molecular flexibility index (Phi) is 4.37. The third kappa shape index (κ3) is 3.50. The number of rotatable bonds is 2. The molecule has 0 aliphatic rings. The van der Waals surface area contributed by atoms with Gasteiger partial charge in [0, 0.05) is 0 Å². The number of hydrogen-bond acceptors (Lipinski definition) is 2. The second-order valence-corrected chi connectivity index (χ2v) is 5.48. The molecule has 3 heteroatoms. The molecule has 0 heterocycles. The van der Waals surface area contributed by atoms with Crippen LogP contribution in [-0.4, -0.2) is 10.8 Å². The summed E-state index contributed by atoms with van der Waals surface area (Å²) in [6, 6.07) is 0. The highest BCUT2D eigenvalue weighted by molar-refractivity contribution is 8.32. The average molecular weight is 154 g/mol. The Morgan fingerprint density at radius 2 is 2.29 bits per heavy atom. The predicted molar refractivity (Wildman–Crippen MR) is 43.7 cm³/mol. The van der Waals surface area contributed by atoms with Crippen molar-refractivity contribution in [3.63, 3.8) is 0 Å². The van der Waals surface area contributed by atoms with Crippen LogP contribution < -0.4 is 0 Å². The summed E-state index contributed by atoms with van der Waals surface area (Å²) in [4.78, 5) is 0. The second-order valence-electron chi connectivity index (χ2n) is 1.36. The summed E-state index contributed by atoms with van der Waals surface area (Å²) in [7, 11) is 0.0872. The highest BCUT2D eigenvalue weighted by Crippen LogP contribution is 2.02. The van der Waals surface area contributed by atoms with E-state index in [2.05, 4.69) is 19.6 Å². The van der Waals surface area contributed by atoms with Crippen LogP contribution in [0.15, 0.2) is 0 Å². The van der Waals surface area contributed by atoms with Crippen molar-refractivity contribution in [2.24, 2.45) is 0 Å². The molecular formula is C4H10S3. The molecule has 0 aliphatic heterocycles. The Morgan fingerprint density at radius 3 is 2.29 bits per heavy atom. The second kappa shape index (κ2) is 3.87. The summed E-state index contributed by atoms with van der Waals surface area (Å²) in [5.41, 5.74) is 0. The maximum absolute atomic E-state index is 4.95. The first kappa shape index (κ1) is 7.92. The predicted octanol–water partition coefficient (Wildman–Crippen LogP) is 1.36. The minimum absolute atomic E-state index is 0.0872. The van der Waals surface area contributed by atoms with Crippen molar-refractivity contribution in [2.45, 2.75) is 17.9 Å². The highest BCUT2D eigenvalue weighted by Gasteiger charge is 1.96. The first-order chi connectivity index (χ1) is 3.18. The van der Waals surface area contributed by atoms with E-state index in [9.17, 15) is 0 Å². The molecule has 0 amide bonds. The zero-order valence-corrected chi connectivity index (χ0v) is 7.08. The third-order valence-electron chi connectivity index (χ3n) is 0.732. The molecule has 0 bridgehead atoms. The molecule has 0 spiro atoms. The van der Waals surface area contributed by atoms with Gasteiger partial charge in [-0.05, 0) is 12.7 Å². The van der Waals surface area contributed by atoms with E-state index in [-0.39, 0.29) is 9.45 Å². The minimum Gasteiger partial charge on any atom is -0.165 e. The summed E-state index contributed by atoms with van der Waals surface area (Å²) in [5.74, 6) is 0. The van der Waals surface area contributed by atoms with Crippen LogP contribution in [0.2, 0.25) is 0 Å². The Hall–Kier alpha value is 0.920. The van der Waals surface area contributed by atoms with E-state index < -0.39 is 0 Å². The lowest BCUT2D eigenvalue weighted by atomic mass is 10.6. The van der Waals surface area contributed by atoms with E-state index >= 15 is 0 Å². The molecule has 0 radical (unpaired) electrons. The summed E-state index contributed by atoms with van der Waals surface area (Å²) in [5, 5.41) is 0. The van der Waals surface area contributed by atoms with E-state index in [0.29, 0.717) is 4.58 Å². The summed E-state index contributed by atoms with van der Waals surface area (Å²) >= 11 is 9.19. The van der Waals surface area contributed by atoms with Gasteiger partial charge in [-0.2, -0.15) is 12.6 Å². The van der Waals surface area contributed by atoms with E-state index in [1.807, 2.05) is 6.26 Å². The van der Waals surface area contributed by atoms with Crippen LogP contribution in [0.1, 0.15) is 13.3 Å². The van der Waals surface area contributed by atoms with Crippen molar-refractivity contribution in [2.75, 3.05) is 6.26 Å². The summed E-state index contributed by atoms with van der Waals surface area (Å²) in [6.07, 6.45) is 3.13. The monoisotopic (exact) mass is 154 g/mol. The van der Waals surface area contributed by atoms with E-state index in [0.717, 1.165) is 6.42 Å². The molecular weight excluding hydrogens is 144 g/mol. The van der Waals surface area contributed by atoms with Crippen LogP contribution in [-0.2, 0) is 20.6 Å². The zero-order chi connectivity index (χ0) is 5.86. The first-order valence-corrected chi connectivity index (χ1v) is 5.32. The van der Waals surface area contributed by atoms with Crippen LogP contribution in [0, 0.1) is 0 Å². The molecule has 0 aromatic heterocycles. The molecule has 0 saturated heterocycles. The molecule has 0 N–H and O–H groups in total. The van der Waals surface area contributed by atoms with Crippen molar-refractivity contribution >= 4 is 33.3 Å². The molecule has 7 heavy (non-hydrogen) atoms. The van der Waals surface area contributed by atoms with Gasteiger partial charge in [-0.25, -0.2) is 0 Å². The summed E-state index contributed by atoms with van der Waals surface area (Å²) in [6.45, 7) is 2.10. The molecule has 0 nitrogen and oxygen atoms in total. The molecule has 0 rings (SSSR count). The largest absolute Gasteiger partial charge is 0.165 e. The van der Waals surface area contributed by atoms with Crippen molar-refractivity contribution < 1.29 is 0 Å². The fourth-order valence-corrected chi connectivity index (χ4v) is 1.11. The molecule has 0 aromatic rings. The maximum Gasteiger partial charge on any atom is 0.0513 e. The topological polar surface area (TPSA) is 0 Å².